The van der Waals surface area contributed by atoms with Gasteiger partial charge in [-0.05, 0) is 24.6 Å². The van der Waals surface area contributed by atoms with Crippen LogP contribution < -0.4 is 0 Å². The van der Waals surface area contributed by atoms with Gasteiger partial charge in [0.05, 0.1) is 0 Å². The maximum absolute atomic E-state index is 2.22. The smallest absolute Gasteiger partial charge is 0.0265 e. The summed E-state index contributed by atoms with van der Waals surface area (Å²) in [5.74, 6) is 0. The van der Waals surface area contributed by atoms with Crippen molar-refractivity contribution >= 4 is 11.8 Å². The van der Waals surface area contributed by atoms with Crippen LogP contribution in [0.2, 0.25) is 0 Å². The van der Waals surface area contributed by atoms with E-state index in [1.807, 2.05) is 11.8 Å². The fraction of sp³-hybridized carbons (Fsp3) is 0.143. The lowest BCUT2D eigenvalue weighted by Crippen LogP contribution is -1.62. The van der Waals surface area contributed by atoms with Crippen LogP contribution in [0.5, 0.6) is 0 Å². The van der Waals surface area contributed by atoms with E-state index in [2.05, 4.69) is 25.1 Å². The summed E-state index contributed by atoms with van der Waals surface area (Å²) in [7, 11) is 0. The van der Waals surface area contributed by atoms with E-state index in [-0.39, 0.29) is 0 Å². The molecular weight excluding hydrogens is 116 g/mol. The second-order valence-corrected chi connectivity index (χ2v) is 3.14. The molecule has 8 heavy (non-hydrogen) atoms. The van der Waals surface area contributed by atoms with Crippen molar-refractivity contribution in [3.63, 3.8) is 0 Å². The lowest BCUT2D eigenvalue weighted by molar-refractivity contribution is 1.31. The molecule has 1 aliphatic rings. The average molecular weight is 122 g/mol. The van der Waals surface area contributed by atoms with Crippen molar-refractivity contribution in [2.75, 3.05) is 0 Å². The van der Waals surface area contributed by atoms with E-state index in [0.717, 1.165) is 0 Å². The van der Waals surface area contributed by atoms with E-state index in [4.69, 9.17) is 0 Å². The Bertz CT molecular complexity index is 227. The molecule has 1 aromatic carbocycles. The van der Waals surface area contributed by atoms with E-state index >= 15 is 0 Å². The van der Waals surface area contributed by atoms with Crippen LogP contribution in [0.15, 0.2) is 28.0 Å². The van der Waals surface area contributed by atoms with Crippen LogP contribution in [0.25, 0.3) is 0 Å². The van der Waals surface area contributed by atoms with Gasteiger partial charge in [0.25, 0.3) is 0 Å². The molecule has 2 rings (SSSR count). The molecule has 0 atom stereocenters. The molecule has 1 heterocycles. The molecule has 0 N–H and O–H groups in total. The third kappa shape index (κ3) is 0.548. The zero-order valence-corrected chi connectivity index (χ0v) is 5.46. The van der Waals surface area contributed by atoms with E-state index in [9.17, 15) is 0 Å². The molecule has 0 fully saturated rings. The summed E-state index contributed by atoms with van der Waals surface area (Å²) < 4.78 is 0. The van der Waals surface area contributed by atoms with Gasteiger partial charge in [-0.3, -0.25) is 0 Å². The zero-order chi connectivity index (χ0) is 5.56. The minimum Gasteiger partial charge on any atom is -0.0877 e. The average Bonchev–Trinajstić information content (AvgIpc) is 2.43. The van der Waals surface area contributed by atoms with Crippen LogP contribution in [-0.2, 0) is 0 Å². The molecule has 0 saturated heterocycles. The van der Waals surface area contributed by atoms with Crippen molar-refractivity contribution in [2.45, 2.75) is 16.7 Å². The van der Waals surface area contributed by atoms with E-state index in [0.29, 0.717) is 0 Å². The Labute approximate surface area is 52.9 Å². The number of rotatable bonds is 0. The van der Waals surface area contributed by atoms with Crippen LogP contribution in [0.3, 0.4) is 0 Å². The minimum atomic E-state index is 1.37. The normalized spacial score (nSPS) is 13.1. The summed E-state index contributed by atoms with van der Waals surface area (Å²) in [6.45, 7) is 2.12. The van der Waals surface area contributed by atoms with Crippen molar-refractivity contribution in [2.24, 2.45) is 0 Å². The largest absolute Gasteiger partial charge is 0.0877 e. The van der Waals surface area contributed by atoms with Gasteiger partial charge in [0.2, 0.25) is 0 Å². The van der Waals surface area contributed by atoms with E-state index in [1.54, 1.807) is 0 Å². The van der Waals surface area contributed by atoms with Gasteiger partial charge in [0.1, 0.15) is 0 Å². The van der Waals surface area contributed by atoms with Crippen LogP contribution in [0, 0.1) is 6.92 Å². The lowest BCUT2D eigenvalue weighted by atomic mass is 10.2. The van der Waals surface area contributed by atoms with E-state index < -0.39 is 0 Å². The maximum Gasteiger partial charge on any atom is 0.0265 e. The number of fused-ring (bicyclic) bond motifs is 1. The number of hydrogen-bond donors (Lipinski definition) is 0. The van der Waals surface area contributed by atoms with Gasteiger partial charge in [-0.1, -0.05) is 17.8 Å². The molecular formula is C7H6S. The van der Waals surface area contributed by atoms with Crippen molar-refractivity contribution in [1.29, 1.82) is 0 Å². The van der Waals surface area contributed by atoms with Gasteiger partial charge in [-0.2, -0.15) is 0 Å². The maximum atomic E-state index is 2.22. The highest BCUT2D eigenvalue weighted by Gasteiger charge is 2.15. The van der Waals surface area contributed by atoms with Gasteiger partial charge in [-0.25, -0.2) is 0 Å². The molecule has 0 saturated carbocycles. The van der Waals surface area contributed by atoms with Gasteiger partial charge < -0.3 is 0 Å². The van der Waals surface area contributed by atoms with Gasteiger partial charge in [0, 0.05) is 9.79 Å². The van der Waals surface area contributed by atoms with Crippen molar-refractivity contribution < 1.29 is 0 Å². The molecule has 0 nitrogen and oxygen atoms in total. The molecule has 1 aromatic rings. The Morgan fingerprint density at radius 3 is 2.75 bits per heavy atom. The molecule has 0 aliphatic carbocycles. The van der Waals surface area contributed by atoms with Crippen LogP contribution >= 0.6 is 11.8 Å². The highest BCUT2D eigenvalue weighted by atomic mass is 32.2. The number of hydrogen-bond acceptors (Lipinski definition) is 1. The molecule has 0 spiro atoms. The Morgan fingerprint density at radius 1 is 1.25 bits per heavy atom. The van der Waals surface area contributed by atoms with Crippen LogP contribution in [0.4, 0.5) is 0 Å². The first kappa shape index (κ1) is 4.45. The predicted octanol–water partition coefficient (Wildman–Crippen LogP) is 2.46. The van der Waals surface area contributed by atoms with Crippen molar-refractivity contribution in [3.8, 4) is 0 Å². The van der Waals surface area contributed by atoms with Gasteiger partial charge >= 0.3 is 0 Å². The molecule has 40 valence electrons. The lowest BCUT2D eigenvalue weighted by Gasteiger charge is -1.80. The summed E-state index contributed by atoms with van der Waals surface area (Å²) >= 11 is 1.87. The fourth-order valence-electron chi connectivity index (χ4n) is 0.772. The highest BCUT2D eigenvalue weighted by Crippen LogP contribution is 2.48. The minimum absolute atomic E-state index is 1.37. The van der Waals surface area contributed by atoms with E-state index in [1.165, 1.54) is 15.4 Å². The topological polar surface area (TPSA) is 0 Å². The zero-order valence-electron chi connectivity index (χ0n) is 4.64. The first-order valence-electron chi connectivity index (χ1n) is 2.65. The Kier molecular flexibility index (Phi) is 0.717. The summed E-state index contributed by atoms with van der Waals surface area (Å²) in [6, 6.07) is 6.55. The van der Waals surface area contributed by atoms with Crippen molar-refractivity contribution in [3.05, 3.63) is 23.8 Å². The second-order valence-electron chi connectivity index (χ2n) is 2.05. The first-order valence-corrected chi connectivity index (χ1v) is 3.46. The molecule has 0 bridgehead atoms. The molecule has 1 heteroatoms. The summed E-state index contributed by atoms with van der Waals surface area (Å²) in [5.41, 5.74) is 1.37. The first-order chi connectivity index (χ1) is 3.86. The summed E-state index contributed by atoms with van der Waals surface area (Å²) in [5, 5.41) is 0. The number of aryl methyl sites for hydroxylation is 1. The standard InChI is InChI=1S/C7H6S/c1-5-2-3-6-7(4-5)8-6/h2-4H,1H3. The van der Waals surface area contributed by atoms with Gasteiger partial charge in [-0.15, -0.1) is 0 Å². The summed E-state index contributed by atoms with van der Waals surface area (Å²) in [4.78, 5) is 2.92. The quantitative estimate of drug-likeness (QED) is 0.484. The Morgan fingerprint density at radius 2 is 2.12 bits per heavy atom. The monoisotopic (exact) mass is 122 g/mol. The fourth-order valence-corrected chi connectivity index (χ4v) is 1.47. The third-order valence-electron chi connectivity index (χ3n) is 1.28. The molecule has 0 amide bonds. The molecule has 0 radical (unpaired) electrons. The summed E-state index contributed by atoms with van der Waals surface area (Å²) in [6.07, 6.45) is 0. The Hall–Kier alpha value is -0.430. The SMILES string of the molecule is Cc1ccc2c(c1)S2. The van der Waals surface area contributed by atoms with Crippen LogP contribution in [-0.4, -0.2) is 0 Å². The third-order valence-corrected chi connectivity index (χ3v) is 2.21. The second kappa shape index (κ2) is 1.29. The Balaban J connectivity index is 2.64. The van der Waals surface area contributed by atoms with Gasteiger partial charge in [0.15, 0.2) is 0 Å². The molecule has 0 aromatic heterocycles. The molecule has 0 unspecified atom stereocenters. The number of benzene rings is 1. The highest BCUT2D eigenvalue weighted by molar-refractivity contribution is 8.05. The molecule has 1 aliphatic heterocycles. The predicted molar refractivity (Wildman–Crippen MR) is 35.3 cm³/mol. The van der Waals surface area contributed by atoms with Crippen LogP contribution in [0.1, 0.15) is 5.56 Å². The van der Waals surface area contributed by atoms with Crippen molar-refractivity contribution in [1.82, 2.24) is 0 Å².